The minimum Gasteiger partial charge on any atom is -0.424 e. The highest BCUT2D eigenvalue weighted by atomic mass is 35.5. The van der Waals surface area contributed by atoms with E-state index in [4.69, 9.17) is 16.3 Å². The summed E-state index contributed by atoms with van der Waals surface area (Å²) in [6, 6.07) is 3.93. The first kappa shape index (κ1) is 15.3. The van der Waals surface area contributed by atoms with E-state index in [-0.39, 0.29) is 6.01 Å². The number of halogens is 1. The normalized spacial score (nSPS) is 10.4. The van der Waals surface area contributed by atoms with Gasteiger partial charge in [0.2, 0.25) is 11.9 Å². The molecule has 0 fully saturated rings. The molecule has 0 radical (unpaired) electrons. The summed E-state index contributed by atoms with van der Waals surface area (Å²) in [5, 5.41) is 3.58. The monoisotopic (exact) mass is 307 g/mol. The molecule has 0 saturated carbocycles. The first-order valence-electron chi connectivity index (χ1n) is 6.46. The van der Waals surface area contributed by atoms with Gasteiger partial charge in [-0.2, -0.15) is 15.0 Å². The van der Waals surface area contributed by atoms with E-state index in [1.54, 1.807) is 11.9 Å². The summed E-state index contributed by atoms with van der Waals surface area (Å²) in [7, 11) is 5.46. The number of hydrogen-bond donors (Lipinski definition) is 1. The molecule has 0 aliphatic carbocycles. The predicted octanol–water partition coefficient (Wildman–Crippen LogP) is 3.04. The summed E-state index contributed by atoms with van der Waals surface area (Å²) >= 11 is 6.03. The lowest BCUT2D eigenvalue weighted by molar-refractivity contribution is 0.434. The second-order valence-corrected chi connectivity index (χ2v) is 5.29. The van der Waals surface area contributed by atoms with E-state index in [1.165, 1.54) is 0 Å². The second kappa shape index (κ2) is 6.13. The van der Waals surface area contributed by atoms with Crippen molar-refractivity contribution >= 4 is 23.5 Å². The van der Waals surface area contributed by atoms with Gasteiger partial charge in [-0.1, -0.05) is 11.6 Å². The maximum atomic E-state index is 6.03. The average Bonchev–Trinajstić information content (AvgIpc) is 2.42. The van der Waals surface area contributed by atoms with E-state index in [0.29, 0.717) is 22.7 Å². The number of aryl methyl sites for hydroxylation is 2. The van der Waals surface area contributed by atoms with E-state index in [0.717, 1.165) is 11.1 Å². The lowest BCUT2D eigenvalue weighted by Crippen LogP contribution is -2.15. The zero-order chi connectivity index (χ0) is 15.6. The highest BCUT2D eigenvalue weighted by Gasteiger charge is 2.12. The number of benzene rings is 1. The molecule has 0 aliphatic rings. The Labute approximate surface area is 129 Å². The number of hydrogen-bond acceptors (Lipinski definition) is 6. The molecule has 7 heteroatoms. The second-order valence-electron chi connectivity index (χ2n) is 4.86. The molecule has 21 heavy (non-hydrogen) atoms. The van der Waals surface area contributed by atoms with Gasteiger partial charge in [0.25, 0.3) is 0 Å². The van der Waals surface area contributed by atoms with Gasteiger partial charge in [-0.25, -0.2) is 0 Å². The maximum absolute atomic E-state index is 6.03. The fraction of sp³-hybridized carbons (Fsp3) is 0.357. The van der Waals surface area contributed by atoms with Gasteiger partial charge in [-0.3, -0.25) is 0 Å². The number of anilines is 2. The molecule has 0 atom stereocenters. The summed E-state index contributed by atoms with van der Waals surface area (Å²) < 4.78 is 5.84. The smallest absolute Gasteiger partial charge is 0.328 e. The van der Waals surface area contributed by atoms with Crippen LogP contribution in [0, 0.1) is 13.8 Å². The van der Waals surface area contributed by atoms with Crippen molar-refractivity contribution in [2.45, 2.75) is 13.8 Å². The van der Waals surface area contributed by atoms with Crippen LogP contribution in [-0.4, -0.2) is 36.1 Å². The van der Waals surface area contributed by atoms with Gasteiger partial charge >= 0.3 is 6.01 Å². The van der Waals surface area contributed by atoms with E-state index < -0.39 is 0 Å². The van der Waals surface area contributed by atoms with Gasteiger partial charge in [-0.05, 0) is 37.1 Å². The van der Waals surface area contributed by atoms with Gasteiger partial charge in [-0.15, -0.1) is 0 Å². The number of rotatable bonds is 4. The molecule has 0 saturated heterocycles. The first-order valence-corrected chi connectivity index (χ1v) is 6.84. The Morgan fingerprint density at radius 2 is 1.71 bits per heavy atom. The Morgan fingerprint density at radius 1 is 1.10 bits per heavy atom. The molecule has 2 rings (SSSR count). The molecule has 1 aromatic carbocycles. The van der Waals surface area contributed by atoms with Crippen LogP contribution in [0.3, 0.4) is 0 Å². The third kappa shape index (κ3) is 3.52. The van der Waals surface area contributed by atoms with Gasteiger partial charge in [0, 0.05) is 26.2 Å². The standard InChI is InChI=1S/C14H18ClN5O/c1-8-6-10(15)7-9(2)11(8)21-14-18-12(16-3)17-13(19-14)20(4)5/h6-7H,1-5H3,(H,16,17,18,19). The van der Waals surface area contributed by atoms with Crippen LogP contribution in [0.15, 0.2) is 12.1 Å². The van der Waals surface area contributed by atoms with Crippen molar-refractivity contribution in [3.8, 4) is 11.8 Å². The van der Waals surface area contributed by atoms with Crippen LogP contribution in [-0.2, 0) is 0 Å². The summed E-state index contributed by atoms with van der Waals surface area (Å²) in [6.07, 6.45) is 0. The van der Waals surface area contributed by atoms with Crippen molar-refractivity contribution in [3.63, 3.8) is 0 Å². The SMILES string of the molecule is CNc1nc(Oc2c(C)cc(Cl)cc2C)nc(N(C)C)n1. The van der Waals surface area contributed by atoms with Crippen LogP contribution < -0.4 is 15.0 Å². The Bertz CT molecular complexity index is 637. The molecule has 1 N–H and O–H groups in total. The van der Waals surface area contributed by atoms with Crippen LogP contribution >= 0.6 is 11.6 Å². The van der Waals surface area contributed by atoms with Crippen molar-refractivity contribution in [2.24, 2.45) is 0 Å². The van der Waals surface area contributed by atoms with Crippen LogP contribution in [0.1, 0.15) is 11.1 Å². The zero-order valence-corrected chi connectivity index (χ0v) is 13.5. The topological polar surface area (TPSA) is 63.2 Å². The molecule has 0 amide bonds. The van der Waals surface area contributed by atoms with Gasteiger partial charge in [0.05, 0.1) is 0 Å². The van der Waals surface area contributed by atoms with E-state index in [1.807, 2.05) is 40.1 Å². The molecule has 0 aliphatic heterocycles. The van der Waals surface area contributed by atoms with Gasteiger partial charge < -0.3 is 15.0 Å². The number of ether oxygens (including phenoxy) is 1. The predicted molar refractivity (Wildman–Crippen MR) is 84.7 cm³/mol. The fourth-order valence-electron chi connectivity index (χ4n) is 1.85. The molecule has 6 nitrogen and oxygen atoms in total. The molecule has 1 heterocycles. The minimum absolute atomic E-state index is 0.242. The number of aromatic nitrogens is 3. The largest absolute Gasteiger partial charge is 0.424 e. The van der Waals surface area contributed by atoms with Crippen molar-refractivity contribution < 1.29 is 4.74 Å². The highest BCUT2D eigenvalue weighted by Crippen LogP contribution is 2.30. The third-order valence-electron chi connectivity index (χ3n) is 2.85. The van der Waals surface area contributed by atoms with E-state index in [9.17, 15) is 0 Å². The van der Waals surface area contributed by atoms with Crippen molar-refractivity contribution in [1.82, 2.24) is 15.0 Å². The highest BCUT2D eigenvalue weighted by molar-refractivity contribution is 6.30. The molecular weight excluding hydrogens is 290 g/mol. The Hall–Kier alpha value is -2.08. The molecule has 2 aromatic rings. The number of nitrogens with zero attached hydrogens (tertiary/aromatic N) is 4. The zero-order valence-electron chi connectivity index (χ0n) is 12.7. The van der Waals surface area contributed by atoms with Gasteiger partial charge in [0.1, 0.15) is 5.75 Å². The molecule has 0 unspecified atom stereocenters. The van der Waals surface area contributed by atoms with Crippen LogP contribution in [0.5, 0.6) is 11.8 Å². The van der Waals surface area contributed by atoms with Gasteiger partial charge in [0.15, 0.2) is 0 Å². The van der Waals surface area contributed by atoms with E-state index >= 15 is 0 Å². The Morgan fingerprint density at radius 3 is 2.24 bits per heavy atom. The first-order chi connectivity index (χ1) is 9.90. The molecular formula is C14H18ClN5O. The molecule has 112 valence electrons. The van der Waals surface area contributed by atoms with Crippen LogP contribution in [0.4, 0.5) is 11.9 Å². The molecule has 0 spiro atoms. The average molecular weight is 308 g/mol. The number of nitrogens with one attached hydrogen (secondary N) is 1. The minimum atomic E-state index is 0.242. The third-order valence-corrected chi connectivity index (χ3v) is 3.06. The van der Waals surface area contributed by atoms with E-state index in [2.05, 4.69) is 20.3 Å². The lowest BCUT2D eigenvalue weighted by atomic mass is 10.1. The Kier molecular flexibility index (Phi) is 4.47. The van der Waals surface area contributed by atoms with Crippen LogP contribution in [0.2, 0.25) is 5.02 Å². The fourth-order valence-corrected chi connectivity index (χ4v) is 2.18. The molecule has 0 bridgehead atoms. The summed E-state index contributed by atoms with van der Waals surface area (Å²) in [5.74, 6) is 1.68. The summed E-state index contributed by atoms with van der Waals surface area (Å²) in [5.41, 5.74) is 1.86. The van der Waals surface area contributed by atoms with Crippen molar-refractivity contribution in [2.75, 3.05) is 31.4 Å². The van der Waals surface area contributed by atoms with Crippen molar-refractivity contribution in [1.29, 1.82) is 0 Å². The molecule has 1 aromatic heterocycles. The Balaban J connectivity index is 2.42. The lowest BCUT2D eigenvalue weighted by Gasteiger charge is -2.14. The van der Waals surface area contributed by atoms with Crippen LogP contribution in [0.25, 0.3) is 0 Å². The summed E-state index contributed by atoms with van der Waals surface area (Å²) in [4.78, 5) is 14.5. The summed E-state index contributed by atoms with van der Waals surface area (Å²) in [6.45, 7) is 3.86. The quantitative estimate of drug-likeness (QED) is 0.936. The maximum Gasteiger partial charge on any atom is 0.328 e. The van der Waals surface area contributed by atoms with Crippen molar-refractivity contribution in [3.05, 3.63) is 28.3 Å².